The smallest absolute Gasteiger partial charge is 0.0518 e. The van der Waals surface area contributed by atoms with Crippen LogP contribution in [0.5, 0.6) is 0 Å². The van der Waals surface area contributed by atoms with E-state index < -0.39 is 0 Å². The van der Waals surface area contributed by atoms with Crippen molar-refractivity contribution in [2.24, 2.45) is 17.8 Å². The predicted octanol–water partition coefficient (Wildman–Crippen LogP) is 2.50. The summed E-state index contributed by atoms with van der Waals surface area (Å²) in [6.07, 6.45) is 7.72. The molecule has 1 heterocycles. The Labute approximate surface area is 97.0 Å². The van der Waals surface area contributed by atoms with Crippen molar-refractivity contribution in [3.63, 3.8) is 0 Å². The van der Waals surface area contributed by atoms with Gasteiger partial charge >= 0.3 is 0 Å². The first-order chi connectivity index (χ1) is 7.84. The molecule has 1 unspecified atom stereocenters. The first-order valence-corrected chi connectivity index (χ1v) is 6.57. The van der Waals surface area contributed by atoms with E-state index in [2.05, 4.69) is 28.5 Å². The Balaban J connectivity index is 1.51. The normalized spacial score (nSPS) is 22.6. The maximum absolute atomic E-state index is 4.00. The lowest BCUT2D eigenvalue weighted by Crippen LogP contribution is -2.28. The third-order valence-electron chi connectivity index (χ3n) is 4.10. The Kier molecular flexibility index (Phi) is 2.72. The average molecular weight is 219 g/mol. The van der Waals surface area contributed by atoms with Gasteiger partial charge in [0.15, 0.2) is 0 Å². The molecule has 0 aliphatic heterocycles. The van der Waals surface area contributed by atoms with Gasteiger partial charge in [0.25, 0.3) is 0 Å². The summed E-state index contributed by atoms with van der Waals surface area (Å²) in [6.45, 7) is 3.40. The Morgan fingerprint density at radius 3 is 2.56 bits per heavy atom. The van der Waals surface area contributed by atoms with E-state index in [1.165, 1.54) is 37.9 Å². The number of H-pyrrole nitrogens is 1. The molecule has 88 valence electrons. The Morgan fingerprint density at radius 2 is 2.06 bits per heavy atom. The van der Waals surface area contributed by atoms with Crippen LogP contribution >= 0.6 is 0 Å². The molecule has 0 aromatic carbocycles. The topological polar surface area (TPSA) is 40.7 Å². The van der Waals surface area contributed by atoms with Crippen LogP contribution in [0, 0.1) is 17.8 Å². The number of hydrogen-bond acceptors (Lipinski definition) is 2. The van der Waals surface area contributed by atoms with Crippen LogP contribution in [-0.4, -0.2) is 16.7 Å². The SMILES string of the molecule is CC(NCC(C1CC1)C1CC1)c1ccn[nH]1. The van der Waals surface area contributed by atoms with Crippen molar-refractivity contribution in [2.75, 3.05) is 6.54 Å². The summed E-state index contributed by atoms with van der Waals surface area (Å²) < 4.78 is 0. The van der Waals surface area contributed by atoms with Gasteiger partial charge in [-0.1, -0.05) is 0 Å². The molecule has 3 heteroatoms. The minimum atomic E-state index is 0.405. The number of nitrogens with zero attached hydrogens (tertiary/aromatic N) is 1. The molecule has 2 N–H and O–H groups in total. The monoisotopic (exact) mass is 219 g/mol. The summed E-state index contributed by atoms with van der Waals surface area (Å²) in [5, 5.41) is 10.7. The third-order valence-corrected chi connectivity index (χ3v) is 4.10. The molecule has 0 amide bonds. The zero-order chi connectivity index (χ0) is 11.0. The van der Waals surface area contributed by atoms with Crippen molar-refractivity contribution in [3.8, 4) is 0 Å². The number of nitrogens with one attached hydrogen (secondary N) is 2. The zero-order valence-electron chi connectivity index (χ0n) is 9.95. The van der Waals surface area contributed by atoms with Crippen molar-refractivity contribution in [3.05, 3.63) is 18.0 Å². The molecule has 1 aromatic heterocycles. The minimum Gasteiger partial charge on any atom is -0.309 e. The van der Waals surface area contributed by atoms with Crippen molar-refractivity contribution in [2.45, 2.75) is 38.6 Å². The van der Waals surface area contributed by atoms with Gasteiger partial charge in [-0.3, -0.25) is 5.10 Å². The molecule has 3 nitrogen and oxygen atoms in total. The third kappa shape index (κ3) is 2.29. The van der Waals surface area contributed by atoms with E-state index in [0.29, 0.717) is 6.04 Å². The molecular formula is C13H21N3. The lowest BCUT2D eigenvalue weighted by atomic mass is 9.97. The first-order valence-electron chi connectivity index (χ1n) is 6.57. The summed E-state index contributed by atoms with van der Waals surface area (Å²) in [7, 11) is 0. The van der Waals surface area contributed by atoms with Gasteiger partial charge in [-0.05, 0) is 63.0 Å². The molecule has 0 spiro atoms. The van der Waals surface area contributed by atoms with Crippen LogP contribution in [0.15, 0.2) is 12.3 Å². The van der Waals surface area contributed by atoms with Crippen LogP contribution in [0.2, 0.25) is 0 Å². The van der Waals surface area contributed by atoms with E-state index in [9.17, 15) is 0 Å². The van der Waals surface area contributed by atoms with Crippen LogP contribution in [0.25, 0.3) is 0 Å². The summed E-state index contributed by atoms with van der Waals surface area (Å²) >= 11 is 0. The van der Waals surface area contributed by atoms with Gasteiger partial charge < -0.3 is 5.32 Å². The second kappa shape index (κ2) is 4.21. The Morgan fingerprint density at radius 1 is 1.38 bits per heavy atom. The fraction of sp³-hybridized carbons (Fsp3) is 0.769. The standard InChI is InChI=1S/C13H21N3/c1-9(13-6-7-15-16-13)14-8-12(10-2-3-10)11-4-5-11/h6-7,9-12,14H,2-5,8H2,1H3,(H,15,16). The maximum Gasteiger partial charge on any atom is 0.0518 e. The molecule has 0 saturated heterocycles. The maximum atomic E-state index is 4.00. The molecule has 2 aliphatic carbocycles. The molecule has 3 rings (SSSR count). The second-order valence-corrected chi connectivity index (χ2v) is 5.48. The first kappa shape index (κ1) is 10.3. The van der Waals surface area contributed by atoms with Gasteiger partial charge in [-0.25, -0.2) is 0 Å². The summed E-state index contributed by atoms with van der Waals surface area (Å²) in [5.41, 5.74) is 1.20. The molecule has 16 heavy (non-hydrogen) atoms. The number of rotatable bonds is 6. The molecule has 1 aromatic rings. The highest BCUT2D eigenvalue weighted by atomic mass is 15.1. The lowest BCUT2D eigenvalue weighted by Gasteiger charge is -2.19. The van der Waals surface area contributed by atoms with Gasteiger partial charge in [0, 0.05) is 12.2 Å². The van der Waals surface area contributed by atoms with Crippen LogP contribution in [0.4, 0.5) is 0 Å². The van der Waals surface area contributed by atoms with E-state index >= 15 is 0 Å². The van der Waals surface area contributed by atoms with Gasteiger partial charge in [0.1, 0.15) is 0 Å². The Bertz CT molecular complexity index is 313. The predicted molar refractivity (Wildman–Crippen MR) is 63.9 cm³/mol. The van der Waals surface area contributed by atoms with E-state index in [-0.39, 0.29) is 0 Å². The highest BCUT2D eigenvalue weighted by Gasteiger charge is 2.41. The van der Waals surface area contributed by atoms with Gasteiger partial charge in [0.05, 0.1) is 5.69 Å². The highest BCUT2D eigenvalue weighted by molar-refractivity contribution is 5.03. The van der Waals surface area contributed by atoms with E-state index in [1.54, 1.807) is 0 Å². The molecule has 2 saturated carbocycles. The summed E-state index contributed by atoms with van der Waals surface area (Å²) in [5.74, 6) is 3.02. The fourth-order valence-electron chi connectivity index (χ4n) is 2.70. The Hall–Kier alpha value is -0.830. The van der Waals surface area contributed by atoms with Gasteiger partial charge in [-0.15, -0.1) is 0 Å². The molecule has 0 radical (unpaired) electrons. The van der Waals surface area contributed by atoms with E-state index in [4.69, 9.17) is 0 Å². The molecule has 2 aliphatic rings. The highest BCUT2D eigenvalue weighted by Crippen LogP contribution is 2.48. The number of aromatic nitrogens is 2. The second-order valence-electron chi connectivity index (χ2n) is 5.48. The van der Waals surface area contributed by atoms with Crippen molar-refractivity contribution >= 4 is 0 Å². The minimum absolute atomic E-state index is 0.405. The molecular weight excluding hydrogens is 198 g/mol. The van der Waals surface area contributed by atoms with E-state index in [1.807, 2.05) is 6.20 Å². The fourth-order valence-corrected chi connectivity index (χ4v) is 2.70. The molecule has 0 bridgehead atoms. The number of aromatic amines is 1. The number of hydrogen-bond donors (Lipinski definition) is 2. The average Bonchev–Trinajstić information content (AvgIpc) is 3.21. The van der Waals surface area contributed by atoms with Crippen molar-refractivity contribution in [1.82, 2.24) is 15.5 Å². The van der Waals surface area contributed by atoms with Crippen LogP contribution in [-0.2, 0) is 0 Å². The van der Waals surface area contributed by atoms with Gasteiger partial charge in [-0.2, -0.15) is 5.10 Å². The van der Waals surface area contributed by atoms with Gasteiger partial charge in [0.2, 0.25) is 0 Å². The zero-order valence-corrected chi connectivity index (χ0v) is 9.95. The van der Waals surface area contributed by atoms with Crippen molar-refractivity contribution in [1.29, 1.82) is 0 Å². The summed E-state index contributed by atoms with van der Waals surface area (Å²) in [4.78, 5) is 0. The molecule has 2 fully saturated rings. The summed E-state index contributed by atoms with van der Waals surface area (Å²) in [6, 6.07) is 2.46. The quantitative estimate of drug-likeness (QED) is 0.771. The largest absolute Gasteiger partial charge is 0.309 e. The van der Waals surface area contributed by atoms with Crippen LogP contribution in [0.3, 0.4) is 0 Å². The van der Waals surface area contributed by atoms with Crippen molar-refractivity contribution < 1.29 is 0 Å². The van der Waals surface area contributed by atoms with Crippen LogP contribution < -0.4 is 5.32 Å². The van der Waals surface area contributed by atoms with E-state index in [0.717, 1.165) is 17.8 Å². The lowest BCUT2D eigenvalue weighted by molar-refractivity contribution is 0.360. The molecule has 1 atom stereocenters. The van der Waals surface area contributed by atoms with Crippen LogP contribution in [0.1, 0.15) is 44.3 Å².